The number of rotatable bonds is 4. The minimum atomic E-state index is -1.16. The molecule has 5 heteroatoms. The fourth-order valence-electron chi connectivity index (χ4n) is 2.43. The first kappa shape index (κ1) is 14.5. The highest BCUT2D eigenvalue weighted by Gasteiger charge is 2.36. The molecule has 2 amide bonds. The van der Waals surface area contributed by atoms with Crippen molar-refractivity contribution in [2.24, 2.45) is 0 Å². The Morgan fingerprint density at radius 3 is 2.25 bits per heavy atom. The first-order valence-corrected chi connectivity index (χ1v) is 6.82. The van der Waals surface area contributed by atoms with Crippen LogP contribution in [-0.4, -0.2) is 52.9 Å². The minimum absolute atomic E-state index is 0.124. The number of hydrogen-bond donors (Lipinski definition) is 1. The van der Waals surface area contributed by atoms with E-state index >= 15 is 0 Å². The Kier molecular flexibility index (Phi) is 4.09. The van der Waals surface area contributed by atoms with E-state index in [1.807, 2.05) is 37.3 Å². The summed E-state index contributed by atoms with van der Waals surface area (Å²) in [5.74, 6) is -1.02. The summed E-state index contributed by atoms with van der Waals surface area (Å²) in [5.41, 5.74) is -0.427. The van der Waals surface area contributed by atoms with Gasteiger partial charge in [0.15, 0.2) is 0 Å². The maximum absolute atomic E-state index is 12.0. The average molecular weight is 276 g/mol. The van der Waals surface area contributed by atoms with Crippen molar-refractivity contribution in [2.45, 2.75) is 19.4 Å². The van der Waals surface area contributed by atoms with Crippen LogP contribution >= 0.6 is 0 Å². The van der Waals surface area contributed by atoms with Crippen molar-refractivity contribution in [3.63, 3.8) is 0 Å². The molecule has 0 aliphatic carbocycles. The molecule has 1 aliphatic rings. The molecule has 20 heavy (non-hydrogen) atoms. The van der Waals surface area contributed by atoms with Crippen LogP contribution in [0.5, 0.6) is 0 Å². The lowest BCUT2D eigenvalue weighted by molar-refractivity contribution is -0.158. The minimum Gasteiger partial charge on any atom is -0.384 e. The highest BCUT2D eigenvalue weighted by Crippen LogP contribution is 2.22. The first-order chi connectivity index (χ1) is 9.45. The number of likely N-dealkylation sites (N-methyl/N-ethyl adjacent to an activating group) is 1. The monoisotopic (exact) mass is 276 g/mol. The van der Waals surface area contributed by atoms with Gasteiger partial charge in [0.25, 0.3) is 0 Å². The third-order valence-corrected chi connectivity index (χ3v) is 3.67. The molecule has 1 aromatic rings. The first-order valence-electron chi connectivity index (χ1n) is 6.82. The lowest BCUT2D eigenvalue weighted by atomic mass is 9.95. The summed E-state index contributed by atoms with van der Waals surface area (Å²) in [6.07, 6.45) is 0. The average Bonchev–Trinajstić information content (AvgIpc) is 2.45. The number of carbonyl (C=O) groups excluding carboxylic acids is 2. The Hall–Kier alpha value is -1.88. The Morgan fingerprint density at radius 1 is 1.10 bits per heavy atom. The highest BCUT2D eigenvalue weighted by molar-refractivity contribution is 6.35. The predicted molar refractivity (Wildman–Crippen MR) is 74.8 cm³/mol. The van der Waals surface area contributed by atoms with Crippen molar-refractivity contribution in [3.8, 4) is 0 Å². The number of aliphatic hydroxyl groups is 1. The summed E-state index contributed by atoms with van der Waals surface area (Å²) in [7, 11) is 0. The molecule has 1 unspecified atom stereocenters. The van der Waals surface area contributed by atoms with E-state index in [2.05, 4.69) is 0 Å². The SMILES string of the molecule is CCN1CCN(CC(C)(O)c2ccccc2)C(=O)C1=O. The van der Waals surface area contributed by atoms with Crippen molar-refractivity contribution in [1.82, 2.24) is 9.80 Å². The van der Waals surface area contributed by atoms with E-state index < -0.39 is 17.4 Å². The van der Waals surface area contributed by atoms with Gasteiger partial charge in [-0.15, -0.1) is 0 Å². The van der Waals surface area contributed by atoms with Crippen molar-refractivity contribution in [2.75, 3.05) is 26.2 Å². The fourth-order valence-corrected chi connectivity index (χ4v) is 2.43. The molecule has 1 saturated heterocycles. The normalized spacial score (nSPS) is 19.1. The molecule has 1 aliphatic heterocycles. The summed E-state index contributed by atoms with van der Waals surface area (Å²) in [6.45, 7) is 5.15. The van der Waals surface area contributed by atoms with E-state index in [-0.39, 0.29) is 6.54 Å². The van der Waals surface area contributed by atoms with Crippen molar-refractivity contribution in [3.05, 3.63) is 35.9 Å². The Balaban J connectivity index is 2.10. The number of β-amino-alcohol motifs (C(OH)–C–C–N with tert-alkyl or cyclic N) is 1. The van der Waals surface area contributed by atoms with Gasteiger partial charge >= 0.3 is 11.8 Å². The van der Waals surface area contributed by atoms with Crippen LogP contribution in [-0.2, 0) is 15.2 Å². The van der Waals surface area contributed by atoms with E-state index in [1.54, 1.807) is 6.92 Å². The van der Waals surface area contributed by atoms with Crippen LogP contribution in [0.2, 0.25) is 0 Å². The molecule has 1 atom stereocenters. The third-order valence-electron chi connectivity index (χ3n) is 3.67. The standard InChI is InChI=1S/C15H20N2O3/c1-3-16-9-10-17(14(19)13(16)18)11-15(2,20)12-7-5-4-6-8-12/h4-8,20H,3,9-11H2,1-2H3. The van der Waals surface area contributed by atoms with Crippen molar-refractivity contribution >= 4 is 11.8 Å². The third kappa shape index (κ3) is 2.82. The van der Waals surface area contributed by atoms with Crippen LogP contribution < -0.4 is 0 Å². The molecule has 2 rings (SSSR count). The largest absolute Gasteiger partial charge is 0.384 e. The van der Waals surface area contributed by atoms with E-state index in [1.165, 1.54) is 9.80 Å². The van der Waals surface area contributed by atoms with Gasteiger partial charge in [-0.25, -0.2) is 0 Å². The van der Waals surface area contributed by atoms with Gasteiger partial charge in [-0.3, -0.25) is 9.59 Å². The zero-order valence-corrected chi connectivity index (χ0v) is 11.9. The van der Waals surface area contributed by atoms with Gasteiger partial charge in [-0.2, -0.15) is 0 Å². The topological polar surface area (TPSA) is 60.9 Å². The van der Waals surface area contributed by atoms with Gasteiger partial charge < -0.3 is 14.9 Å². The van der Waals surface area contributed by atoms with Crippen molar-refractivity contribution in [1.29, 1.82) is 0 Å². The predicted octanol–water partition coefficient (Wildman–Crippen LogP) is 0.585. The van der Waals surface area contributed by atoms with Gasteiger partial charge in [0, 0.05) is 19.6 Å². The summed E-state index contributed by atoms with van der Waals surface area (Å²) in [5, 5.41) is 10.5. The Labute approximate surface area is 118 Å². The van der Waals surface area contributed by atoms with Gasteiger partial charge in [-0.1, -0.05) is 30.3 Å². The Morgan fingerprint density at radius 2 is 1.65 bits per heavy atom. The maximum atomic E-state index is 12.0. The molecule has 1 fully saturated rings. The van der Waals surface area contributed by atoms with E-state index in [9.17, 15) is 14.7 Å². The second-order valence-electron chi connectivity index (χ2n) is 5.25. The maximum Gasteiger partial charge on any atom is 0.312 e. The summed E-state index contributed by atoms with van der Waals surface area (Å²) < 4.78 is 0. The van der Waals surface area contributed by atoms with E-state index in [0.717, 1.165) is 5.56 Å². The van der Waals surface area contributed by atoms with Gasteiger partial charge in [0.05, 0.1) is 6.54 Å². The van der Waals surface area contributed by atoms with Crippen LogP contribution in [0.1, 0.15) is 19.4 Å². The van der Waals surface area contributed by atoms with Crippen LogP contribution in [0, 0.1) is 0 Å². The second-order valence-corrected chi connectivity index (χ2v) is 5.25. The highest BCUT2D eigenvalue weighted by atomic mass is 16.3. The Bertz CT molecular complexity index is 499. The number of amides is 2. The number of carbonyl (C=O) groups is 2. The quantitative estimate of drug-likeness (QED) is 0.819. The van der Waals surface area contributed by atoms with Gasteiger partial charge in [0.1, 0.15) is 5.60 Å². The second kappa shape index (κ2) is 5.63. The molecule has 0 bridgehead atoms. The van der Waals surface area contributed by atoms with Gasteiger partial charge in [-0.05, 0) is 19.4 Å². The zero-order chi connectivity index (χ0) is 14.8. The molecule has 0 radical (unpaired) electrons. The number of nitrogens with zero attached hydrogens (tertiary/aromatic N) is 2. The molecule has 1 heterocycles. The smallest absolute Gasteiger partial charge is 0.312 e. The van der Waals surface area contributed by atoms with Gasteiger partial charge in [0.2, 0.25) is 0 Å². The van der Waals surface area contributed by atoms with Crippen molar-refractivity contribution < 1.29 is 14.7 Å². The molecule has 0 spiro atoms. The molecule has 0 aromatic heterocycles. The summed E-state index contributed by atoms with van der Waals surface area (Å²) in [6, 6.07) is 9.18. The van der Waals surface area contributed by atoms with Crippen LogP contribution in [0.3, 0.4) is 0 Å². The van der Waals surface area contributed by atoms with E-state index in [4.69, 9.17) is 0 Å². The fraction of sp³-hybridized carbons (Fsp3) is 0.467. The molecular formula is C15H20N2O3. The molecule has 0 saturated carbocycles. The zero-order valence-electron chi connectivity index (χ0n) is 11.9. The molecule has 1 aromatic carbocycles. The number of benzene rings is 1. The molecular weight excluding hydrogens is 256 g/mol. The van der Waals surface area contributed by atoms with Crippen LogP contribution in [0.15, 0.2) is 30.3 Å². The lowest BCUT2D eigenvalue weighted by Crippen LogP contribution is -2.56. The molecule has 5 nitrogen and oxygen atoms in total. The lowest BCUT2D eigenvalue weighted by Gasteiger charge is -2.37. The number of piperazine rings is 1. The van der Waals surface area contributed by atoms with E-state index in [0.29, 0.717) is 19.6 Å². The van der Waals surface area contributed by atoms with Crippen LogP contribution in [0.25, 0.3) is 0 Å². The summed E-state index contributed by atoms with van der Waals surface area (Å²) in [4.78, 5) is 26.8. The number of hydrogen-bond acceptors (Lipinski definition) is 3. The molecule has 108 valence electrons. The summed E-state index contributed by atoms with van der Waals surface area (Å²) >= 11 is 0. The molecule has 1 N–H and O–H groups in total. The van der Waals surface area contributed by atoms with Crippen LogP contribution in [0.4, 0.5) is 0 Å².